The fourth-order valence-electron chi connectivity index (χ4n) is 4.92. The molecule has 2 aliphatic carbocycles. The molecule has 1 aliphatic heterocycles. The summed E-state index contributed by atoms with van der Waals surface area (Å²) in [7, 11) is 0. The van der Waals surface area contributed by atoms with Gasteiger partial charge in [0.15, 0.2) is 0 Å². The highest BCUT2D eigenvalue weighted by molar-refractivity contribution is 5.81. The molecule has 2 heterocycles. The zero-order valence-corrected chi connectivity index (χ0v) is 15.9. The van der Waals surface area contributed by atoms with Crippen LogP contribution in [0.5, 0.6) is 0 Å². The van der Waals surface area contributed by atoms with Crippen molar-refractivity contribution in [1.29, 1.82) is 0 Å². The van der Waals surface area contributed by atoms with Crippen molar-refractivity contribution in [3.8, 4) is 0 Å². The van der Waals surface area contributed by atoms with Crippen LogP contribution in [-0.4, -0.2) is 44.4 Å². The summed E-state index contributed by atoms with van der Waals surface area (Å²) in [5.41, 5.74) is 0.0367. The fourth-order valence-corrected chi connectivity index (χ4v) is 4.92. The van der Waals surface area contributed by atoms with Gasteiger partial charge in [-0.25, -0.2) is 4.98 Å². The molecule has 0 bridgehead atoms. The zero-order valence-electron chi connectivity index (χ0n) is 15.9. The van der Waals surface area contributed by atoms with Crippen LogP contribution in [0.3, 0.4) is 0 Å². The van der Waals surface area contributed by atoms with Crippen molar-refractivity contribution >= 4 is 11.8 Å². The summed E-state index contributed by atoms with van der Waals surface area (Å²) in [4.78, 5) is 31.8. The molecule has 4 rings (SSSR count). The summed E-state index contributed by atoms with van der Waals surface area (Å²) >= 11 is 0. The minimum atomic E-state index is -0.188. The van der Waals surface area contributed by atoms with Gasteiger partial charge in [-0.05, 0) is 43.9 Å². The summed E-state index contributed by atoms with van der Waals surface area (Å²) in [5.74, 6) is 0.301. The Balaban J connectivity index is 1.41. The molecule has 6 nitrogen and oxygen atoms in total. The van der Waals surface area contributed by atoms with Crippen LogP contribution in [0, 0.1) is 11.3 Å². The molecular formula is C20H30N4O2. The molecule has 2 amide bonds. The highest BCUT2D eigenvalue weighted by Crippen LogP contribution is 2.49. The molecule has 3 unspecified atom stereocenters. The van der Waals surface area contributed by atoms with Gasteiger partial charge in [0.2, 0.25) is 11.8 Å². The van der Waals surface area contributed by atoms with E-state index in [-0.39, 0.29) is 34.7 Å². The predicted octanol–water partition coefficient (Wildman–Crippen LogP) is 2.35. The number of fused-ring (bicyclic) bond motifs is 1. The van der Waals surface area contributed by atoms with Crippen molar-refractivity contribution in [3.05, 3.63) is 18.7 Å². The first-order valence-corrected chi connectivity index (χ1v) is 9.98. The van der Waals surface area contributed by atoms with Gasteiger partial charge >= 0.3 is 0 Å². The molecule has 142 valence electrons. The standard InChI is InChI=1S/C20H30N4O2/c1-15(13-23-11-9-21-14-23)18(26)24-10-8-20(5-3-4-16(20)24)22-17(25)12-19(2)6-7-19/h9,11,14-16H,3-8,10,12-13H2,1-2H3,(H,22,25). The van der Waals surface area contributed by atoms with E-state index in [1.54, 1.807) is 12.5 Å². The van der Waals surface area contributed by atoms with E-state index in [4.69, 9.17) is 0 Å². The molecule has 3 fully saturated rings. The fraction of sp³-hybridized carbons (Fsp3) is 0.750. The van der Waals surface area contributed by atoms with E-state index in [1.807, 2.05) is 22.6 Å². The third-order valence-electron chi connectivity index (χ3n) is 6.74. The Morgan fingerprint density at radius 1 is 1.31 bits per heavy atom. The number of aromatic nitrogens is 2. The Hall–Kier alpha value is -1.85. The lowest BCUT2D eigenvalue weighted by Crippen LogP contribution is -2.55. The van der Waals surface area contributed by atoms with Crippen LogP contribution in [0.25, 0.3) is 0 Å². The first kappa shape index (κ1) is 17.6. The average molecular weight is 358 g/mol. The van der Waals surface area contributed by atoms with E-state index in [2.05, 4.69) is 17.2 Å². The SMILES string of the molecule is CC(Cn1ccnc1)C(=O)N1CCC2(NC(=O)CC3(C)CC3)CCCC12. The van der Waals surface area contributed by atoms with E-state index < -0.39 is 0 Å². The van der Waals surface area contributed by atoms with Gasteiger partial charge in [0.05, 0.1) is 23.8 Å². The number of likely N-dealkylation sites (tertiary alicyclic amines) is 1. The van der Waals surface area contributed by atoms with Crippen molar-refractivity contribution in [2.75, 3.05) is 6.54 Å². The normalized spacial score (nSPS) is 30.1. The number of hydrogen-bond acceptors (Lipinski definition) is 3. The minimum Gasteiger partial charge on any atom is -0.349 e. The Kier molecular flexibility index (Phi) is 4.32. The lowest BCUT2D eigenvalue weighted by molar-refractivity contribution is -0.137. The largest absolute Gasteiger partial charge is 0.349 e. The maximum absolute atomic E-state index is 13.1. The number of hydrogen-bond donors (Lipinski definition) is 1. The summed E-state index contributed by atoms with van der Waals surface area (Å²) in [6.07, 6.45) is 12.3. The van der Waals surface area contributed by atoms with Gasteiger partial charge in [-0.2, -0.15) is 0 Å². The van der Waals surface area contributed by atoms with Gasteiger partial charge in [-0.15, -0.1) is 0 Å². The first-order valence-electron chi connectivity index (χ1n) is 9.98. The number of rotatable bonds is 6. The lowest BCUT2D eigenvalue weighted by atomic mass is 9.91. The molecule has 1 aromatic heterocycles. The summed E-state index contributed by atoms with van der Waals surface area (Å²) in [5, 5.41) is 3.37. The predicted molar refractivity (Wildman–Crippen MR) is 98.2 cm³/mol. The molecule has 3 atom stereocenters. The van der Waals surface area contributed by atoms with Crippen LogP contribution < -0.4 is 5.32 Å². The molecule has 3 aliphatic rings. The van der Waals surface area contributed by atoms with Gasteiger partial charge in [0, 0.05) is 31.9 Å². The van der Waals surface area contributed by atoms with Gasteiger partial charge in [0.25, 0.3) is 0 Å². The molecule has 1 aromatic rings. The topological polar surface area (TPSA) is 67.2 Å². The minimum absolute atomic E-state index is 0.0818. The van der Waals surface area contributed by atoms with E-state index >= 15 is 0 Å². The zero-order chi connectivity index (χ0) is 18.4. The number of amides is 2. The average Bonchev–Trinajstić information content (AvgIpc) is 3.00. The number of nitrogens with one attached hydrogen (secondary N) is 1. The second kappa shape index (κ2) is 6.39. The van der Waals surface area contributed by atoms with Crippen molar-refractivity contribution in [2.24, 2.45) is 11.3 Å². The number of carbonyl (C=O) groups is 2. The summed E-state index contributed by atoms with van der Waals surface area (Å²) < 4.78 is 1.96. The Morgan fingerprint density at radius 3 is 2.81 bits per heavy atom. The molecule has 1 N–H and O–H groups in total. The van der Waals surface area contributed by atoms with Crippen molar-refractivity contribution in [3.63, 3.8) is 0 Å². The lowest BCUT2D eigenvalue weighted by Gasteiger charge is -2.34. The van der Waals surface area contributed by atoms with Gasteiger partial charge in [0.1, 0.15) is 0 Å². The molecule has 26 heavy (non-hydrogen) atoms. The first-order chi connectivity index (χ1) is 12.4. The van der Waals surface area contributed by atoms with Crippen LogP contribution >= 0.6 is 0 Å². The van der Waals surface area contributed by atoms with Crippen LogP contribution in [0.4, 0.5) is 0 Å². The molecule has 2 saturated carbocycles. The van der Waals surface area contributed by atoms with Crippen molar-refractivity contribution < 1.29 is 9.59 Å². The van der Waals surface area contributed by atoms with Gasteiger partial charge in [-0.3, -0.25) is 9.59 Å². The quantitative estimate of drug-likeness (QED) is 0.849. The van der Waals surface area contributed by atoms with Crippen LogP contribution in [-0.2, 0) is 16.1 Å². The van der Waals surface area contributed by atoms with E-state index in [9.17, 15) is 9.59 Å². The second-order valence-corrected chi connectivity index (χ2v) is 9.04. The second-order valence-electron chi connectivity index (χ2n) is 9.04. The van der Waals surface area contributed by atoms with E-state index in [1.165, 1.54) is 0 Å². The Bertz CT molecular complexity index is 682. The smallest absolute Gasteiger partial charge is 0.227 e. The molecule has 6 heteroatoms. The molecule has 1 saturated heterocycles. The number of nitrogens with zero attached hydrogens (tertiary/aromatic N) is 3. The van der Waals surface area contributed by atoms with Crippen LogP contribution in [0.1, 0.15) is 58.8 Å². The third kappa shape index (κ3) is 3.26. The summed E-state index contributed by atoms with van der Waals surface area (Å²) in [6, 6.07) is 0.163. The van der Waals surface area contributed by atoms with Crippen molar-refractivity contribution in [1.82, 2.24) is 19.8 Å². The van der Waals surface area contributed by atoms with Crippen LogP contribution in [0.2, 0.25) is 0 Å². The third-order valence-corrected chi connectivity index (χ3v) is 6.74. The highest BCUT2D eigenvalue weighted by atomic mass is 16.2. The van der Waals surface area contributed by atoms with E-state index in [0.717, 1.165) is 45.1 Å². The maximum atomic E-state index is 13.1. The van der Waals surface area contributed by atoms with E-state index in [0.29, 0.717) is 13.0 Å². The van der Waals surface area contributed by atoms with Gasteiger partial charge in [-0.1, -0.05) is 13.8 Å². The highest BCUT2D eigenvalue weighted by Gasteiger charge is 2.53. The Labute approximate surface area is 155 Å². The molecule has 0 radical (unpaired) electrons. The van der Waals surface area contributed by atoms with Crippen molar-refractivity contribution in [2.45, 2.75) is 76.9 Å². The number of imidazole rings is 1. The molecule has 0 aromatic carbocycles. The maximum Gasteiger partial charge on any atom is 0.227 e. The number of carbonyl (C=O) groups excluding carboxylic acids is 2. The summed E-state index contributed by atoms with van der Waals surface area (Å²) in [6.45, 7) is 5.59. The Morgan fingerprint density at radius 2 is 2.12 bits per heavy atom. The van der Waals surface area contributed by atoms with Gasteiger partial charge < -0.3 is 14.8 Å². The molecular weight excluding hydrogens is 328 g/mol. The molecule has 0 spiro atoms. The van der Waals surface area contributed by atoms with Crippen LogP contribution in [0.15, 0.2) is 18.7 Å². The monoisotopic (exact) mass is 358 g/mol.